The van der Waals surface area contributed by atoms with Gasteiger partial charge in [0.15, 0.2) is 9.84 Å². The van der Waals surface area contributed by atoms with Crippen molar-refractivity contribution in [2.45, 2.75) is 6.54 Å². The fourth-order valence-electron chi connectivity index (χ4n) is 2.00. The number of halogens is 1. The average molecular weight is 287 g/mol. The molecular weight excluding hydrogens is 272 g/mol. The molecule has 1 fully saturated rings. The van der Waals surface area contributed by atoms with Crippen LogP contribution in [0.25, 0.3) is 0 Å². The lowest BCUT2D eigenvalue weighted by Crippen LogP contribution is -2.40. The Balaban J connectivity index is 2.04. The van der Waals surface area contributed by atoms with Crippen molar-refractivity contribution in [2.75, 3.05) is 24.6 Å². The molecule has 0 atom stereocenters. The van der Waals surface area contributed by atoms with Gasteiger partial charge in [-0.3, -0.25) is 4.90 Å². The molecule has 1 aliphatic rings. The summed E-state index contributed by atoms with van der Waals surface area (Å²) in [7, 11) is -4.63. The maximum Gasteiger partial charge on any atom is 0.488 e. The van der Waals surface area contributed by atoms with Crippen molar-refractivity contribution in [3.63, 3.8) is 0 Å². The molecule has 1 aliphatic heterocycles. The molecule has 0 spiro atoms. The van der Waals surface area contributed by atoms with E-state index in [-0.39, 0.29) is 17.0 Å². The molecule has 1 aromatic rings. The maximum atomic E-state index is 13.8. The van der Waals surface area contributed by atoms with Crippen LogP contribution < -0.4 is 5.46 Å². The van der Waals surface area contributed by atoms with E-state index in [0.717, 1.165) is 6.07 Å². The minimum Gasteiger partial charge on any atom is -0.423 e. The topological polar surface area (TPSA) is 77.8 Å². The van der Waals surface area contributed by atoms with Crippen LogP contribution in [0.1, 0.15) is 5.56 Å². The van der Waals surface area contributed by atoms with Gasteiger partial charge in [0.2, 0.25) is 0 Å². The Hall–Kier alpha value is -0.955. The highest BCUT2D eigenvalue weighted by atomic mass is 32.2. The van der Waals surface area contributed by atoms with Crippen LogP contribution in [0.2, 0.25) is 0 Å². The Morgan fingerprint density at radius 1 is 1.26 bits per heavy atom. The van der Waals surface area contributed by atoms with Crippen molar-refractivity contribution in [1.29, 1.82) is 0 Å². The van der Waals surface area contributed by atoms with Gasteiger partial charge in [-0.1, -0.05) is 12.1 Å². The van der Waals surface area contributed by atoms with Crippen LogP contribution in [0.15, 0.2) is 18.2 Å². The first-order valence-corrected chi connectivity index (χ1v) is 7.77. The van der Waals surface area contributed by atoms with Gasteiger partial charge in [-0.25, -0.2) is 12.8 Å². The van der Waals surface area contributed by atoms with E-state index in [0.29, 0.717) is 25.2 Å². The number of benzene rings is 1. The van der Waals surface area contributed by atoms with Gasteiger partial charge in [0, 0.05) is 25.2 Å². The molecule has 19 heavy (non-hydrogen) atoms. The lowest BCUT2D eigenvalue weighted by atomic mass is 9.80. The van der Waals surface area contributed by atoms with Crippen LogP contribution in [0.3, 0.4) is 0 Å². The molecule has 8 heteroatoms. The summed E-state index contributed by atoms with van der Waals surface area (Å²) in [5.41, 5.74) is 0.520. The molecule has 104 valence electrons. The van der Waals surface area contributed by atoms with Gasteiger partial charge in [0.1, 0.15) is 5.82 Å². The molecule has 1 aromatic carbocycles. The molecule has 0 aromatic heterocycles. The average Bonchev–Trinajstić information content (AvgIpc) is 2.34. The molecule has 2 rings (SSSR count). The first kappa shape index (κ1) is 14.5. The fraction of sp³-hybridized carbons (Fsp3) is 0.455. The Bertz CT molecular complexity index is 550. The highest BCUT2D eigenvalue weighted by Gasteiger charge is 2.22. The summed E-state index contributed by atoms with van der Waals surface area (Å²) in [5, 5.41) is 17.9. The van der Waals surface area contributed by atoms with Gasteiger partial charge in [-0.15, -0.1) is 0 Å². The van der Waals surface area contributed by atoms with E-state index >= 15 is 0 Å². The Kier molecular flexibility index (Phi) is 4.24. The number of sulfone groups is 1. The summed E-state index contributed by atoms with van der Waals surface area (Å²) < 4.78 is 36.3. The third-order valence-corrected chi connectivity index (χ3v) is 4.82. The zero-order valence-corrected chi connectivity index (χ0v) is 11.1. The Labute approximate surface area is 111 Å². The van der Waals surface area contributed by atoms with Gasteiger partial charge in [-0.2, -0.15) is 0 Å². The summed E-state index contributed by atoms with van der Waals surface area (Å²) >= 11 is 0. The summed E-state index contributed by atoms with van der Waals surface area (Å²) in [5.74, 6) is -0.316. The molecule has 0 radical (unpaired) electrons. The zero-order valence-electron chi connectivity index (χ0n) is 10.3. The molecule has 5 nitrogen and oxygen atoms in total. The zero-order chi connectivity index (χ0) is 14.0. The van der Waals surface area contributed by atoms with Gasteiger partial charge >= 0.3 is 7.12 Å². The number of hydrogen-bond donors (Lipinski definition) is 2. The first-order valence-electron chi connectivity index (χ1n) is 5.95. The van der Waals surface area contributed by atoms with Gasteiger partial charge in [0.25, 0.3) is 0 Å². The van der Waals surface area contributed by atoms with Gasteiger partial charge in [-0.05, 0) is 11.5 Å². The molecule has 1 saturated heterocycles. The number of rotatable bonds is 3. The van der Waals surface area contributed by atoms with Crippen molar-refractivity contribution < 1.29 is 22.9 Å². The fourth-order valence-corrected chi connectivity index (χ4v) is 3.28. The third kappa shape index (κ3) is 3.76. The van der Waals surface area contributed by atoms with E-state index in [1.165, 1.54) is 12.1 Å². The Morgan fingerprint density at radius 2 is 1.89 bits per heavy atom. The molecule has 0 bridgehead atoms. The monoisotopic (exact) mass is 287 g/mol. The number of nitrogens with zero attached hydrogens (tertiary/aromatic N) is 1. The summed E-state index contributed by atoms with van der Waals surface area (Å²) in [6, 6.07) is 4.03. The lowest BCUT2D eigenvalue weighted by molar-refractivity contribution is 0.283. The maximum absolute atomic E-state index is 13.8. The highest BCUT2D eigenvalue weighted by Crippen LogP contribution is 2.12. The van der Waals surface area contributed by atoms with Crippen LogP contribution in [0, 0.1) is 5.82 Å². The lowest BCUT2D eigenvalue weighted by Gasteiger charge is -2.26. The second-order valence-electron chi connectivity index (χ2n) is 4.65. The van der Waals surface area contributed by atoms with Crippen molar-refractivity contribution in [3.05, 3.63) is 29.6 Å². The normalized spacial score (nSPS) is 19.3. The summed E-state index contributed by atoms with van der Waals surface area (Å²) in [6.45, 7) is 1.11. The van der Waals surface area contributed by atoms with Gasteiger partial charge < -0.3 is 10.0 Å². The van der Waals surface area contributed by atoms with Crippen molar-refractivity contribution in [2.24, 2.45) is 0 Å². The summed E-state index contributed by atoms with van der Waals surface area (Å²) in [6.07, 6.45) is 0. The third-order valence-electron chi connectivity index (χ3n) is 3.21. The molecule has 0 unspecified atom stereocenters. The van der Waals surface area contributed by atoms with Crippen LogP contribution >= 0.6 is 0 Å². The predicted octanol–water partition coefficient (Wildman–Crippen LogP) is -1.26. The van der Waals surface area contributed by atoms with Crippen LogP contribution in [0.5, 0.6) is 0 Å². The van der Waals surface area contributed by atoms with E-state index in [2.05, 4.69) is 0 Å². The molecule has 0 aliphatic carbocycles. The minimum absolute atomic E-state index is 0.0993. The van der Waals surface area contributed by atoms with E-state index in [9.17, 15) is 12.8 Å². The van der Waals surface area contributed by atoms with E-state index in [4.69, 9.17) is 10.0 Å². The minimum atomic E-state index is -2.94. The van der Waals surface area contributed by atoms with Gasteiger partial charge in [0.05, 0.1) is 11.5 Å². The SMILES string of the molecule is O=S1(=O)CCN(Cc2ccc(B(O)O)cc2F)CC1. The largest absolute Gasteiger partial charge is 0.488 e. The van der Waals surface area contributed by atoms with Crippen molar-refractivity contribution >= 4 is 22.4 Å². The van der Waals surface area contributed by atoms with Crippen LogP contribution in [-0.4, -0.2) is 55.1 Å². The standard InChI is InChI=1S/C11H15BFNO4S/c13-11-7-10(12(15)16)2-1-9(11)8-14-3-5-19(17,18)6-4-14/h1-2,7,15-16H,3-6,8H2. The highest BCUT2D eigenvalue weighted by molar-refractivity contribution is 7.91. The molecule has 0 amide bonds. The molecule has 2 N–H and O–H groups in total. The van der Waals surface area contributed by atoms with Crippen molar-refractivity contribution in [3.8, 4) is 0 Å². The second-order valence-corrected chi connectivity index (χ2v) is 6.96. The van der Waals surface area contributed by atoms with Crippen molar-refractivity contribution in [1.82, 2.24) is 4.90 Å². The molecular formula is C11H15BFNO4S. The number of hydrogen-bond acceptors (Lipinski definition) is 5. The molecule has 1 heterocycles. The predicted molar refractivity (Wildman–Crippen MR) is 70.2 cm³/mol. The molecule has 0 saturated carbocycles. The van der Waals surface area contributed by atoms with Crippen LogP contribution in [0.4, 0.5) is 4.39 Å². The summed E-state index contributed by atoms with van der Waals surface area (Å²) in [4.78, 5) is 1.87. The smallest absolute Gasteiger partial charge is 0.423 e. The first-order chi connectivity index (χ1) is 8.87. The van der Waals surface area contributed by atoms with E-state index < -0.39 is 22.8 Å². The quantitative estimate of drug-likeness (QED) is 0.678. The van der Waals surface area contributed by atoms with E-state index in [1.54, 1.807) is 0 Å². The van der Waals surface area contributed by atoms with E-state index in [1.807, 2.05) is 4.90 Å². The van der Waals surface area contributed by atoms with Crippen LogP contribution in [-0.2, 0) is 16.4 Å². The Morgan fingerprint density at radius 3 is 2.42 bits per heavy atom. The second kappa shape index (κ2) is 5.58.